The molecule has 0 aliphatic rings. The van der Waals surface area contributed by atoms with Gasteiger partial charge in [0.25, 0.3) is 0 Å². The fraction of sp³-hybridized carbons (Fsp3) is 0.417. The van der Waals surface area contributed by atoms with Gasteiger partial charge in [0.15, 0.2) is 0 Å². The summed E-state index contributed by atoms with van der Waals surface area (Å²) in [5.74, 6) is 1.61. The third-order valence-corrected chi connectivity index (χ3v) is 2.53. The molecule has 5 heteroatoms. The zero-order valence-corrected chi connectivity index (χ0v) is 10.7. The molecular formula is C12H17N5. The maximum atomic E-state index is 4.37. The molecule has 90 valence electrons. The Labute approximate surface area is 101 Å². The molecule has 0 amide bonds. The smallest absolute Gasteiger partial charge is 0.134 e. The summed E-state index contributed by atoms with van der Waals surface area (Å²) in [6.07, 6.45) is 2.85. The van der Waals surface area contributed by atoms with Crippen LogP contribution in [-0.4, -0.2) is 19.7 Å². The first-order valence-corrected chi connectivity index (χ1v) is 5.70. The molecule has 0 atom stereocenters. The predicted molar refractivity (Wildman–Crippen MR) is 67.4 cm³/mol. The van der Waals surface area contributed by atoms with Gasteiger partial charge in [-0.2, -0.15) is 5.10 Å². The number of aromatic nitrogens is 4. The molecule has 0 aliphatic heterocycles. The second kappa shape index (κ2) is 4.53. The van der Waals surface area contributed by atoms with E-state index in [4.69, 9.17) is 0 Å². The molecule has 2 rings (SSSR count). The first kappa shape index (κ1) is 11.6. The molecule has 0 bridgehead atoms. The van der Waals surface area contributed by atoms with E-state index >= 15 is 0 Å². The Morgan fingerprint density at radius 1 is 1.29 bits per heavy atom. The van der Waals surface area contributed by atoms with Crippen molar-refractivity contribution in [2.75, 3.05) is 5.32 Å². The Kier molecular flexibility index (Phi) is 3.08. The van der Waals surface area contributed by atoms with Crippen LogP contribution >= 0.6 is 0 Å². The third kappa shape index (κ3) is 2.61. The Balaban J connectivity index is 2.29. The van der Waals surface area contributed by atoms with Crippen LogP contribution in [0.1, 0.15) is 24.1 Å². The van der Waals surface area contributed by atoms with Gasteiger partial charge in [0.1, 0.15) is 11.6 Å². The molecule has 0 fully saturated rings. The molecule has 2 heterocycles. The molecule has 2 aromatic heterocycles. The Morgan fingerprint density at radius 3 is 2.65 bits per heavy atom. The van der Waals surface area contributed by atoms with Crippen LogP contribution in [0.25, 0.3) is 0 Å². The van der Waals surface area contributed by atoms with Gasteiger partial charge in [0, 0.05) is 25.0 Å². The minimum absolute atomic E-state index is 0.786. The van der Waals surface area contributed by atoms with Crippen molar-refractivity contribution in [3.63, 3.8) is 0 Å². The number of nitrogens with zero attached hydrogens (tertiary/aromatic N) is 4. The van der Waals surface area contributed by atoms with E-state index in [2.05, 4.69) is 27.3 Å². The average molecular weight is 231 g/mol. The lowest BCUT2D eigenvalue weighted by atomic mass is 10.3. The van der Waals surface area contributed by atoms with Gasteiger partial charge in [-0.1, -0.05) is 6.92 Å². The van der Waals surface area contributed by atoms with E-state index in [1.54, 1.807) is 4.68 Å². The molecule has 17 heavy (non-hydrogen) atoms. The molecule has 5 nitrogen and oxygen atoms in total. The molecule has 0 unspecified atom stereocenters. The lowest BCUT2D eigenvalue weighted by Gasteiger charge is -2.06. The summed E-state index contributed by atoms with van der Waals surface area (Å²) < 4.78 is 1.78. The molecule has 0 saturated heterocycles. The summed E-state index contributed by atoms with van der Waals surface area (Å²) in [4.78, 5) is 8.72. The van der Waals surface area contributed by atoms with Crippen molar-refractivity contribution >= 4 is 11.5 Å². The van der Waals surface area contributed by atoms with E-state index < -0.39 is 0 Å². The van der Waals surface area contributed by atoms with Crippen molar-refractivity contribution in [1.29, 1.82) is 0 Å². The van der Waals surface area contributed by atoms with Crippen LogP contribution in [0.15, 0.2) is 12.3 Å². The molecular weight excluding hydrogens is 214 g/mol. The number of hydrogen-bond donors (Lipinski definition) is 1. The molecule has 0 saturated carbocycles. The lowest BCUT2D eigenvalue weighted by molar-refractivity contribution is 0.756. The number of rotatable bonds is 3. The van der Waals surface area contributed by atoms with E-state index in [-0.39, 0.29) is 0 Å². The van der Waals surface area contributed by atoms with E-state index in [1.807, 2.05) is 33.2 Å². The van der Waals surface area contributed by atoms with Crippen LogP contribution in [-0.2, 0) is 13.5 Å². The van der Waals surface area contributed by atoms with Crippen LogP contribution in [0.2, 0.25) is 0 Å². The SMILES string of the molecule is CCc1cc(Nc2cn(C)nc2C)nc(C)n1. The monoisotopic (exact) mass is 231 g/mol. The van der Waals surface area contributed by atoms with Gasteiger partial charge in [-0.15, -0.1) is 0 Å². The second-order valence-electron chi connectivity index (χ2n) is 4.07. The summed E-state index contributed by atoms with van der Waals surface area (Å²) in [5.41, 5.74) is 2.98. The standard InChI is InChI=1S/C12H17N5/c1-5-10-6-12(14-9(3)13-10)15-11-7-17(4)16-8(11)2/h6-7H,5H2,1-4H3,(H,13,14,15). The molecule has 0 aliphatic carbocycles. The number of nitrogens with one attached hydrogen (secondary N) is 1. The highest BCUT2D eigenvalue weighted by atomic mass is 15.3. The fourth-order valence-electron chi connectivity index (χ4n) is 1.73. The first-order chi connectivity index (χ1) is 8.08. The highest BCUT2D eigenvalue weighted by Gasteiger charge is 2.05. The van der Waals surface area contributed by atoms with Gasteiger partial charge in [-0.3, -0.25) is 4.68 Å². The van der Waals surface area contributed by atoms with Crippen molar-refractivity contribution in [3.8, 4) is 0 Å². The summed E-state index contributed by atoms with van der Waals surface area (Å²) in [6, 6.07) is 1.97. The Bertz CT molecular complexity index is 530. The summed E-state index contributed by atoms with van der Waals surface area (Å²) in [6.45, 7) is 5.96. The van der Waals surface area contributed by atoms with E-state index in [1.165, 1.54) is 0 Å². The number of anilines is 2. The summed E-state index contributed by atoms with van der Waals surface area (Å²) in [5, 5.41) is 7.56. The molecule has 0 aromatic carbocycles. The number of hydrogen-bond acceptors (Lipinski definition) is 4. The van der Waals surface area contributed by atoms with Gasteiger partial charge in [0.05, 0.1) is 11.4 Å². The van der Waals surface area contributed by atoms with Crippen LogP contribution < -0.4 is 5.32 Å². The fourth-order valence-corrected chi connectivity index (χ4v) is 1.73. The Morgan fingerprint density at radius 2 is 2.06 bits per heavy atom. The van der Waals surface area contributed by atoms with Crippen molar-refractivity contribution in [3.05, 3.63) is 29.5 Å². The van der Waals surface area contributed by atoms with Gasteiger partial charge >= 0.3 is 0 Å². The zero-order valence-electron chi connectivity index (χ0n) is 10.7. The van der Waals surface area contributed by atoms with Crippen molar-refractivity contribution in [2.45, 2.75) is 27.2 Å². The van der Waals surface area contributed by atoms with E-state index in [0.29, 0.717) is 0 Å². The van der Waals surface area contributed by atoms with Gasteiger partial charge in [0.2, 0.25) is 0 Å². The van der Waals surface area contributed by atoms with Crippen LogP contribution in [0.5, 0.6) is 0 Å². The quantitative estimate of drug-likeness (QED) is 0.879. The largest absolute Gasteiger partial charge is 0.337 e. The topological polar surface area (TPSA) is 55.6 Å². The molecule has 2 aromatic rings. The van der Waals surface area contributed by atoms with Crippen molar-refractivity contribution < 1.29 is 0 Å². The van der Waals surface area contributed by atoms with Crippen molar-refractivity contribution in [1.82, 2.24) is 19.7 Å². The number of aryl methyl sites for hydroxylation is 4. The summed E-state index contributed by atoms with van der Waals surface area (Å²) in [7, 11) is 1.90. The maximum Gasteiger partial charge on any atom is 0.134 e. The Hall–Kier alpha value is -1.91. The minimum atomic E-state index is 0.786. The van der Waals surface area contributed by atoms with Gasteiger partial charge < -0.3 is 5.32 Å². The average Bonchev–Trinajstić information content (AvgIpc) is 2.56. The lowest BCUT2D eigenvalue weighted by Crippen LogP contribution is -2.00. The maximum absolute atomic E-state index is 4.37. The second-order valence-corrected chi connectivity index (χ2v) is 4.07. The van der Waals surface area contributed by atoms with Crippen LogP contribution in [0.3, 0.4) is 0 Å². The normalized spacial score (nSPS) is 10.6. The molecule has 1 N–H and O–H groups in total. The zero-order chi connectivity index (χ0) is 12.4. The first-order valence-electron chi connectivity index (χ1n) is 5.70. The van der Waals surface area contributed by atoms with Gasteiger partial charge in [-0.05, 0) is 20.3 Å². The molecule has 0 radical (unpaired) electrons. The summed E-state index contributed by atoms with van der Waals surface area (Å²) >= 11 is 0. The van der Waals surface area contributed by atoms with Gasteiger partial charge in [-0.25, -0.2) is 9.97 Å². The predicted octanol–water partition coefficient (Wildman–Crippen LogP) is 2.13. The highest BCUT2D eigenvalue weighted by molar-refractivity contribution is 5.57. The van der Waals surface area contributed by atoms with E-state index in [9.17, 15) is 0 Å². The third-order valence-electron chi connectivity index (χ3n) is 2.53. The molecule has 0 spiro atoms. The van der Waals surface area contributed by atoms with E-state index in [0.717, 1.165) is 35.1 Å². The van der Waals surface area contributed by atoms with Crippen molar-refractivity contribution in [2.24, 2.45) is 7.05 Å². The minimum Gasteiger partial charge on any atom is -0.337 e. The highest BCUT2D eigenvalue weighted by Crippen LogP contribution is 2.18. The van der Waals surface area contributed by atoms with Crippen LogP contribution in [0, 0.1) is 13.8 Å². The van der Waals surface area contributed by atoms with Crippen LogP contribution in [0.4, 0.5) is 11.5 Å².